The van der Waals surface area contributed by atoms with Gasteiger partial charge in [-0.15, -0.1) is 0 Å². The zero-order chi connectivity index (χ0) is 19.8. The molecule has 7 heteroatoms. The van der Waals surface area contributed by atoms with Gasteiger partial charge in [0.05, 0.1) is 24.8 Å². The number of carbonyl (C=O) groups is 2. The number of nitriles is 1. The highest BCUT2D eigenvalue weighted by Crippen LogP contribution is 2.12. The fourth-order valence-corrected chi connectivity index (χ4v) is 2.89. The smallest absolute Gasteiger partial charge is 0.255 e. The SMILES string of the molecule is N#Cc1cccc(C(=O)Nc2ccc(C(=O)NCCN3CCOCC3)cc2)c1. The molecule has 2 aromatic carbocycles. The van der Waals surface area contributed by atoms with E-state index < -0.39 is 0 Å². The molecule has 0 bridgehead atoms. The highest BCUT2D eigenvalue weighted by molar-refractivity contribution is 6.04. The number of nitrogens with zero attached hydrogens (tertiary/aromatic N) is 2. The number of benzene rings is 2. The van der Waals surface area contributed by atoms with E-state index in [1.54, 1.807) is 42.5 Å². The molecule has 1 fully saturated rings. The Bertz CT molecular complexity index is 868. The van der Waals surface area contributed by atoms with Crippen molar-refractivity contribution in [2.24, 2.45) is 0 Å². The predicted octanol–water partition coefficient (Wildman–Crippen LogP) is 1.87. The molecule has 2 aromatic rings. The molecular formula is C21H22N4O3. The van der Waals surface area contributed by atoms with Gasteiger partial charge < -0.3 is 15.4 Å². The molecule has 3 rings (SSSR count). The van der Waals surface area contributed by atoms with Crippen molar-refractivity contribution in [1.82, 2.24) is 10.2 Å². The summed E-state index contributed by atoms with van der Waals surface area (Å²) in [5, 5.41) is 14.6. The molecule has 0 aliphatic carbocycles. The summed E-state index contributed by atoms with van der Waals surface area (Å²) in [5.74, 6) is -0.451. The van der Waals surface area contributed by atoms with Gasteiger partial charge in [0.15, 0.2) is 0 Å². The minimum absolute atomic E-state index is 0.146. The summed E-state index contributed by atoms with van der Waals surface area (Å²) in [5.41, 5.74) is 1.95. The number of nitrogens with one attached hydrogen (secondary N) is 2. The van der Waals surface area contributed by atoms with Gasteiger partial charge in [0, 0.05) is 43.0 Å². The van der Waals surface area contributed by atoms with Gasteiger partial charge in [-0.1, -0.05) is 6.07 Å². The van der Waals surface area contributed by atoms with Crippen LogP contribution in [0.5, 0.6) is 0 Å². The quantitative estimate of drug-likeness (QED) is 0.800. The third-order valence-electron chi connectivity index (χ3n) is 4.48. The summed E-state index contributed by atoms with van der Waals surface area (Å²) in [7, 11) is 0. The van der Waals surface area contributed by atoms with Gasteiger partial charge in [-0.2, -0.15) is 5.26 Å². The minimum Gasteiger partial charge on any atom is -0.379 e. The molecule has 0 radical (unpaired) electrons. The van der Waals surface area contributed by atoms with Crippen LogP contribution < -0.4 is 10.6 Å². The zero-order valence-electron chi connectivity index (χ0n) is 15.5. The number of ether oxygens (including phenoxy) is 1. The summed E-state index contributed by atoms with van der Waals surface area (Å²) in [6.45, 7) is 4.63. The van der Waals surface area contributed by atoms with Gasteiger partial charge >= 0.3 is 0 Å². The van der Waals surface area contributed by atoms with Crippen LogP contribution >= 0.6 is 0 Å². The van der Waals surface area contributed by atoms with Crippen LogP contribution in [-0.4, -0.2) is 56.1 Å². The van der Waals surface area contributed by atoms with E-state index in [2.05, 4.69) is 15.5 Å². The lowest BCUT2D eigenvalue weighted by molar-refractivity contribution is 0.0383. The first-order chi connectivity index (χ1) is 13.7. The Hall–Kier alpha value is -3.21. The fourth-order valence-electron chi connectivity index (χ4n) is 2.89. The first-order valence-electron chi connectivity index (χ1n) is 9.15. The Morgan fingerprint density at radius 3 is 2.50 bits per heavy atom. The maximum absolute atomic E-state index is 12.3. The second-order valence-electron chi connectivity index (χ2n) is 6.43. The molecule has 0 aromatic heterocycles. The third kappa shape index (κ3) is 5.39. The zero-order valence-corrected chi connectivity index (χ0v) is 15.5. The van der Waals surface area contributed by atoms with Crippen LogP contribution in [-0.2, 0) is 4.74 Å². The van der Waals surface area contributed by atoms with Crippen LogP contribution in [0.2, 0.25) is 0 Å². The minimum atomic E-state index is -0.306. The Morgan fingerprint density at radius 1 is 1.04 bits per heavy atom. The van der Waals surface area contributed by atoms with Crippen LogP contribution in [0.25, 0.3) is 0 Å². The molecular weight excluding hydrogens is 356 g/mol. The number of morpholine rings is 1. The molecule has 0 unspecified atom stereocenters. The van der Waals surface area contributed by atoms with E-state index in [9.17, 15) is 9.59 Å². The van der Waals surface area contributed by atoms with E-state index in [-0.39, 0.29) is 11.8 Å². The Labute approximate surface area is 163 Å². The number of carbonyl (C=O) groups excluding carboxylic acids is 2. The molecule has 1 heterocycles. The van der Waals surface area contributed by atoms with Crippen molar-refractivity contribution in [2.45, 2.75) is 0 Å². The number of hydrogen-bond acceptors (Lipinski definition) is 5. The van der Waals surface area contributed by atoms with Crippen molar-refractivity contribution < 1.29 is 14.3 Å². The normalized spacial score (nSPS) is 14.1. The van der Waals surface area contributed by atoms with E-state index >= 15 is 0 Å². The Balaban J connectivity index is 1.50. The second kappa shape index (κ2) is 9.65. The Morgan fingerprint density at radius 2 is 1.79 bits per heavy atom. The van der Waals surface area contributed by atoms with Crippen LogP contribution in [0.4, 0.5) is 5.69 Å². The summed E-state index contributed by atoms with van der Waals surface area (Å²) in [6.07, 6.45) is 0. The molecule has 0 atom stereocenters. The van der Waals surface area contributed by atoms with E-state index in [4.69, 9.17) is 10.00 Å². The lowest BCUT2D eigenvalue weighted by Crippen LogP contribution is -2.41. The molecule has 1 aliphatic rings. The molecule has 0 spiro atoms. The highest BCUT2D eigenvalue weighted by Gasteiger charge is 2.11. The van der Waals surface area contributed by atoms with Gasteiger partial charge in [0.1, 0.15) is 0 Å². The monoisotopic (exact) mass is 378 g/mol. The average Bonchev–Trinajstić information content (AvgIpc) is 2.75. The number of rotatable bonds is 6. The summed E-state index contributed by atoms with van der Waals surface area (Å²) >= 11 is 0. The van der Waals surface area contributed by atoms with Crippen LogP contribution in [0.15, 0.2) is 48.5 Å². The van der Waals surface area contributed by atoms with Crippen LogP contribution in [0.1, 0.15) is 26.3 Å². The molecule has 2 N–H and O–H groups in total. The molecule has 0 saturated carbocycles. The van der Waals surface area contributed by atoms with E-state index in [1.807, 2.05) is 6.07 Å². The molecule has 7 nitrogen and oxygen atoms in total. The first kappa shape index (κ1) is 19.5. The molecule has 144 valence electrons. The van der Waals surface area contributed by atoms with Gasteiger partial charge in [0.25, 0.3) is 11.8 Å². The standard InChI is InChI=1S/C21H22N4O3/c22-15-16-2-1-3-18(14-16)21(27)24-19-6-4-17(5-7-19)20(26)23-8-9-25-10-12-28-13-11-25/h1-7,14H,8-13H2,(H,23,26)(H,24,27). The predicted molar refractivity (Wildman–Crippen MR) is 105 cm³/mol. The van der Waals surface area contributed by atoms with Crippen molar-refractivity contribution in [3.8, 4) is 6.07 Å². The number of anilines is 1. The molecule has 28 heavy (non-hydrogen) atoms. The maximum atomic E-state index is 12.3. The maximum Gasteiger partial charge on any atom is 0.255 e. The average molecular weight is 378 g/mol. The van der Waals surface area contributed by atoms with Crippen molar-refractivity contribution in [3.05, 3.63) is 65.2 Å². The summed E-state index contributed by atoms with van der Waals surface area (Å²) in [4.78, 5) is 26.8. The summed E-state index contributed by atoms with van der Waals surface area (Å²) < 4.78 is 5.30. The number of amides is 2. The van der Waals surface area contributed by atoms with Crippen molar-refractivity contribution in [3.63, 3.8) is 0 Å². The van der Waals surface area contributed by atoms with E-state index in [0.717, 1.165) is 32.8 Å². The largest absolute Gasteiger partial charge is 0.379 e. The van der Waals surface area contributed by atoms with Crippen LogP contribution in [0.3, 0.4) is 0 Å². The number of hydrogen-bond donors (Lipinski definition) is 2. The molecule has 1 aliphatic heterocycles. The molecule has 2 amide bonds. The molecule has 1 saturated heterocycles. The summed E-state index contributed by atoms with van der Waals surface area (Å²) in [6, 6.07) is 15.2. The fraction of sp³-hybridized carbons (Fsp3) is 0.286. The van der Waals surface area contributed by atoms with Crippen molar-refractivity contribution in [1.29, 1.82) is 5.26 Å². The topological polar surface area (TPSA) is 94.5 Å². The van der Waals surface area contributed by atoms with E-state index in [1.165, 1.54) is 6.07 Å². The third-order valence-corrected chi connectivity index (χ3v) is 4.48. The lowest BCUT2D eigenvalue weighted by Gasteiger charge is -2.26. The lowest BCUT2D eigenvalue weighted by atomic mass is 10.1. The van der Waals surface area contributed by atoms with E-state index in [0.29, 0.717) is 28.9 Å². The van der Waals surface area contributed by atoms with Gasteiger partial charge in [0.2, 0.25) is 0 Å². The van der Waals surface area contributed by atoms with Crippen LogP contribution in [0, 0.1) is 11.3 Å². The Kier molecular flexibility index (Phi) is 6.73. The van der Waals surface area contributed by atoms with Gasteiger partial charge in [-0.3, -0.25) is 14.5 Å². The highest BCUT2D eigenvalue weighted by atomic mass is 16.5. The van der Waals surface area contributed by atoms with Crippen molar-refractivity contribution >= 4 is 17.5 Å². The van der Waals surface area contributed by atoms with Gasteiger partial charge in [-0.25, -0.2) is 0 Å². The first-order valence-corrected chi connectivity index (χ1v) is 9.15. The second-order valence-corrected chi connectivity index (χ2v) is 6.43. The van der Waals surface area contributed by atoms with Crippen molar-refractivity contribution in [2.75, 3.05) is 44.7 Å². The van der Waals surface area contributed by atoms with Gasteiger partial charge in [-0.05, 0) is 42.5 Å².